The molecule has 2 nitrogen and oxygen atoms in total. The van der Waals surface area contributed by atoms with Crippen molar-refractivity contribution in [3.63, 3.8) is 0 Å². The summed E-state index contributed by atoms with van der Waals surface area (Å²) in [6, 6.07) is 0. The van der Waals surface area contributed by atoms with E-state index >= 15 is 0 Å². The van der Waals surface area contributed by atoms with E-state index in [0.29, 0.717) is 12.1 Å². The van der Waals surface area contributed by atoms with Crippen LogP contribution in [0.25, 0.3) is 0 Å². The lowest BCUT2D eigenvalue weighted by atomic mass is 10.0. The molecule has 1 rings (SSSR count). The van der Waals surface area contributed by atoms with Gasteiger partial charge in [0.15, 0.2) is 0 Å². The lowest BCUT2D eigenvalue weighted by Crippen LogP contribution is -2.43. The van der Waals surface area contributed by atoms with Gasteiger partial charge in [-0.2, -0.15) is 0 Å². The quantitative estimate of drug-likeness (QED) is 0.0884. The fourth-order valence-corrected chi connectivity index (χ4v) is 6.34. The minimum absolute atomic E-state index is 0.588. The fourth-order valence-electron chi connectivity index (χ4n) is 6.34. The second-order valence-corrected chi connectivity index (χ2v) is 12.9. The molecule has 0 radical (unpaired) electrons. The Morgan fingerprint density at radius 2 is 0.632 bits per heavy atom. The van der Waals surface area contributed by atoms with Crippen molar-refractivity contribution < 1.29 is 0 Å². The summed E-state index contributed by atoms with van der Waals surface area (Å²) in [6.07, 6.45) is 42.8. The molecule has 0 N–H and O–H groups in total. The van der Waals surface area contributed by atoms with E-state index in [1.807, 2.05) is 0 Å². The van der Waals surface area contributed by atoms with Gasteiger partial charge in [-0.25, -0.2) is 0 Å². The predicted octanol–water partition coefficient (Wildman–Crippen LogP) is 12.2. The second kappa shape index (κ2) is 26.6. The van der Waals surface area contributed by atoms with E-state index in [1.165, 1.54) is 180 Å². The van der Waals surface area contributed by atoms with Crippen molar-refractivity contribution in [1.29, 1.82) is 0 Å². The summed E-state index contributed by atoms with van der Waals surface area (Å²) in [5, 5.41) is 0. The van der Waals surface area contributed by atoms with Gasteiger partial charge in [-0.1, -0.05) is 182 Å². The molecule has 1 aliphatic rings. The van der Waals surface area contributed by atoms with Gasteiger partial charge in [0.2, 0.25) is 0 Å². The molecule has 1 atom stereocenters. The van der Waals surface area contributed by atoms with Gasteiger partial charge in [0.25, 0.3) is 0 Å². The highest BCUT2D eigenvalue weighted by molar-refractivity contribution is 4.98. The van der Waals surface area contributed by atoms with Crippen LogP contribution in [0.5, 0.6) is 0 Å². The van der Waals surface area contributed by atoms with Crippen LogP contribution in [0.4, 0.5) is 0 Å². The van der Waals surface area contributed by atoms with Crippen LogP contribution in [0, 0.1) is 5.92 Å². The molecule has 226 valence electrons. The van der Waals surface area contributed by atoms with Crippen LogP contribution in [-0.4, -0.2) is 29.1 Å². The minimum atomic E-state index is 0.588. The van der Waals surface area contributed by atoms with Gasteiger partial charge in [0.05, 0.1) is 0 Å². The Balaban J connectivity index is 1.95. The SMILES string of the molecule is CCCCCCCCCCCCCCCCCCN1C=CN(CCCCCCCCCCCC)C1C(C)C. The molecule has 0 aliphatic carbocycles. The van der Waals surface area contributed by atoms with Crippen LogP contribution in [0.2, 0.25) is 0 Å². The fraction of sp³-hybridized carbons (Fsp3) is 0.944. The Kier molecular flexibility index (Phi) is 24.7. The maximum atomic E-state index is 2.64. The third-order valence-corrected chi connectivity index (χ3v) is 8.77. The summed E-state index contributed by atoms with van der Waals surface area (Å²) in [4.78, 5) is 5.28. The molecule has 0 fully saturated rings. The van der Waals surface area contributed by atoms with Gasteiger partial charge in [0.1, 0.15) is 6.17 Å². The Morgan fingerprint density at radius 1 is 0.395 bits per heavy atom. The van der Waals surface area contributed by atoms with E-state index in [4.69, 9.17) is 0 Å². The normalized spacial score (nSPS) is 15.4. The van der Waals surface area contributed by atoms with Gasteiger partial charge in [-0.3, -0.25) is 0 Å². The molecule has 2 heteroatoms. The van der Waals surface area contributed by atoms with Crippen molar-refractivity contribution in [2.45, 2.75) is 201 Å². The van der Waals surface area contributed by atoms with Gasteiger partial charge in [-0.05, 0) is 18.8 Å². The largest absolute Gasteiger partial charge is 0.356 e. The first-order chi connectivity index (χ1) is 18.7. The topological polar surface area (TPSA) is 6.48 Å². The lowest BCUT2D eigenvalue weighted by Gasteiger charge is -2.36. The summed E-state index contributed by atoms with van der Waals surface area (Å²) in [7, 11) is 0. The van der Waals surface area contributed by atoms with Crippen LogP contribution in [0.1, 0.15) is 195 Å². The zero-order valence-electron chi connectivity index (χ0n) is 27.0. The summed E-state index contributed by atoms with van der Waals surface area (Å²) in [6.45, 7) is 11.9. The van der Waals surface area contributed by atoms with Crippen molar-refractivity contribution in [2.75, 3.05) is 13.1 Å². The van der Waals surface area contributed by atoms with E-state index in [1.54, 1.807) is 0 Å². The molecule has 0 saturated heterocycles. The summed E-state index contributed by atoms with van der Waals surface area (Å²) in [5.41, 5.74) is 0. The molecule has 1 heterocycles. The molecule has 0 aromatic rings. The van der Waals surface area contributed by atoms with Crippen molar-refractivity contribution in [3.05, 3.63) is 12.4 Å². The monoisotopic (exact) mass is 533 g/mol. The van der Waals surface area contributed by atoms with Crippen LogP contribution in [0.3, 0.4) is 0 Å². The van der Waals surface area contributed by atoms with Gasteiger partial charge >= 0.3 is 0 Å². The number of hydrogen-bond donors (Lipinski definition) is 0. The van der Waals surface area contributed by atoms with Crippen LogP contribution in [0.15, 0.2) is 12.4 Å². The van der Waals surface area contributed by atoms with Gasteiger partial charge in [0, 0.05) is 25.5 Å². The zero-order valence-corrected chi connectivity index (χ0v) is 27.0. The van der Waals surface area contributed by atoms with E-state index in [2.05, 4.69) is 49.9 Å². The Labute approximate surface area is 241 Å². The van der Waals surface area contributed by atoms with Crippen molar-refractivity contribution in [1.82, 2.24) is 9.80 Å². The Bertz CT molecular complexity index is 500. The van der Waals surface area contributed by atoms with Crippen LogP contribution >= 0.6 is 0 Å². The van der Waals surface area contributed by atoms with Gasteiger partial charge in [-0.15, -0.1) is 0 Å². The third kappa shape index (κ3) is 19.4. The molecule has 0 aromatic carbocycles. The maximum Gasteiger partial charge on any atom is 0.103 e. The number of unbranched alkanes of at least 4 members (excludes halogenated alkanes) is 24. The molecule has 0 aromatic heterocycles. The Morgan fingerprint density at radius 3 is 0.868 bits per heavy atom. The van der Waals surface area contributed by atoms with Crippen molar-refractivity contribution >= 4 is 0 Å². The molecular weight excluding hydrogens is 460 g/mol. The maximum absolute atomic E-state index is 2.64. The number of rotatable bonds is 29. The minimum Gasteiger partial charge on any atom is -0.356 e. The zero-order chi connectivity index (χ0) is 27.5. The van der Waals surface area contributed by atoms with Crippen molar-refractivity contribution in [2.24, 2.45) is 5.92 Å². The number of nitrogens with zero attached hydrogens (tertiary/aromatic N) is 2. The molecular formula is C36H72N2. The first kappa shape index (κ1) is 35.4. The average molecular weight is 533 g/mol. The van der Waals surface area contributed by atoms with Gasteiger partial charge < -0.3 is 9.80 Å². The smallest absolute Gasteiger partial charge is 0.103 e. The molecule has 0 amide bonds. The molecule has 0 saturated carbocycles. The average Bonchev–Trinajstić information content (AvgIpc) is 3.32. The highest BCUT2D eigenvalue weighted by Crippen LogP contribution is 2.24. The summed E-state index contributed by atoms with van der Waals surface area (Å²) < 4.78 is 0. The van der Waals surface area contributed by atoms with Crippen molar-refractivity contribution in [3.8, 4) is 0 Å². The summed E-state index contributed by atoms with van der Waals surface area (Å²) in [5.74, 6) is 0.689. The predicted molar refractivity (Wildman–Crippen MR) is 173 cm³/mol. The highest BCUT2D eigenvalue weighted by atomic mass is 15.4. The summed E-state index contributed by atoms with van der Waals surface area (Å²) >= 11 is 0. The second-order valence-electron chi connectivity index (χ2n) is 12.9. The first-order valence-electron chi connectivity index (χ1n) is 17.9. The Hall–Kier alpha value is -0.660. The van der Waals surface area contributed by atoms with E-state index < -0.39 is 0 Å². The van der Waals surface area contributed by atoms with E-state index in [9.17, 15) is 0 Å². The van der Waals surface area contributed by atoms with E-state index in [-0.39, 0.29) is 0 Å². The van der Waals surface area contributed by atoms with E-state index in [0.717, 1.165) is 0 Å². The molecule has 38 heavy (non-hydrogen) atoms. The molecule has 1 unspecified atom stereocenters. The van der Waals surface area contributed by atoms with Crippen LogP contribution < -0.4 is 0 Å². The standard InChI is InChI=1S/C36H72N2/c1-5-7-9-11-13-15-17-18-19-20-21-22-24-26-28-30-32-38-34-33-37(36(38)35(3)4)31-29-27-25-23-16-14-12-10-8-6-2/h33-36H,5-32H2,1-4H3. The van der Waals surface area contributed by atoms with Crippen LogP contribution in [-0.2, 0) is 0 Å². The molecule has 0 bridgehead atoms. The first-order valence-corrected chi connectivity index (χ1v) is 17.9. The highest BCUT2D eigenvalue weighted by Gasteiger charge is 2.28. The molecule has 1 aliphatic heterocycles. The number of hydrogen-bond acceptors (Lipinski definition) is 2. The third-order valence-electron chi connectivity index (χ3n) is 8.77. The lowest BCUT2D eigenvalue weighted by molar-refractivity contribution is 0.104. The molecule has 0 spiro atoms.